The molecule has 0 radical (unpaired) electrons. The number of aliphatic hydroxyl groups is 18. The number of allylic oxidation sites excluding steroid dienone is 7. The van der Waals surface area contributed by atoms with E-state index in [1.807, 2.05) is 0 Å². The van der Waals surface area contributed by atoms with Crippen molar-refractivity contribution in [2.75, 3.05) is 26.4 Å². The molecule has 110 heavy (non-hydrogen) atoms. The van der Waals surface area contributed by atoms with Crippen molar-refractivity contribution in [2.24, 2.45) is 90.7 Å². The molecule has 0 aromatic heterocycles. The molecule has 0 bridgehead atoms. The molecule has 632 valence electrons. The maximum atomic E-state index is 12.2. The van der Waals surface area contributed by atoms with E-state index in [2.05, 4.69) is 129 Å². The van der Waals surface area contributed by atoms with Crippen LogP contribution in [-0.4, -0.2) is 278 Å². The van der Waals surface area contributed by atoms with E-state index >= 15 is 0 Å². The van der Waals surface area contributed by atoms with E-state index < -0.39 is 197 Å². The lowest BCUT2D eigenvalue weighted by molar-refractivity contribution is -0.383. The summed E-state index contributed by atoms with van der Waals surface area (Å²) in [7, 11) is 0. The van der Waals surface area contributed by atoms with Crippen LogP contribution in [0, 0.1) is 90.7 Å². The maximum Gasteiger partial charge on any atom is 0.187 e. The summed E-state index contributed by atoms with van der Waals surface area (Å²) < 4.78 is 48.2. The molecule has 0 spiro atoms. The predicted molar refractivity (Wildman–Crippen MR) is 402 cm³/mol. The Labute approximate surface area is 650 Å². The molecule has 12 rings (SSSR count). The van der Waals surface area contributed by atoms with Crippen molar-refractivity contribution < 1.29 is 130 Å². The SMILES string of the molecule is C=C(CCC=C(C)C)[C@H]1CC[C@]2(C)C1[C@H](O)CC1[C@@]3(C)C[C@@H](O)[C@H](OC4OC(CO)[C@@H](O)[C@H](O)[C@@H]4OC4OC(CO)[C@@H](O)[C@H](O)[C@@H]4O)C(C)(C)C3CC[C@]12C.CC(C)=CC/C=C(/C)[C@H]1CC[C@]2(C)C1[C@H](O)CC1[C@@]3(C)C[C@@H](O)[C@H](OC4OC(CO)[C@@H](O)[C@H](O)[C@@H]4OC4OC(CO)[C@@H](O)[C@H](O)[C@@H]4O)C(C)(C)C3CC[C@]12C. The van der Waals surface area contributed by atoms with Gasteiger partial charge in [0.25, 0.3) is 0 Å². The van der Waals surface area contributed by atoms with Crippen molar-refractivity contribution in [3.63, 3.8) is 0 Å². The molecule has 12 fully saturated rings. The Balaban J connectivity index is 0.000000218. The van der Waals surface area contributed by atoms with Crippen LogP contribution in [-0.2, 0) is 37.9 Å². The Morgan fingerprint density at radius 1 is 0.382 bits per heavy atom. The standard InChI is InChI=1S/2C42H70O13/c2*1-20(2)10-9-11-21(3)22-12-14-42(8)29(22)23(45)16-28-40(6)17-24(46)36(39(4,5)27(40)13-15-41(28,42)7)55-38-35(33(50)31(48)26(19-44)53-38)54-37-34(51)32(49)30(47)25(18-43)52-37/h10-11,22-38,43-51H,9,12-19H2,1-8H3;10,22-38,43-51H,3,9,11-19H2,1-2,4-8H3/b21-11-;/t2*22-,23-,24-,25?,26?,27?,28?,29?,30-,31-,32+,33+,34+,35+,36+,37?,38?,40+,41-,42-/m11/s1. The van der Waals surface area contributed by atoms with Crippen molar-refractivity contribution in [1.29, 1.82) is 0 Å². The average molecular weight is 1570 g/mol. The molecule has 14 unspecified atom stereocenters. The van der Waals surface area contributed by atoms with Crippen molar-refractivity contribution in [2.45, 2.75) is 360 Å². The monoisotopic (exact) mass is 1560 g/mol. The van der Waals surface area contributed by atoms with Crippen molar-refractivity contribution >= 4 is 0 Å². The molecule has 12 aliphatic rings. The van der Waals surface area contributed by atoms with Crippen LogP contribution >= 0.6 is 0 Å². The fraction of sp³-hybridized carbons (Fsp3) is 0.905. The van der Waals surface area contributed by atoms with Crippen molar-refractivity contribution in [1.82, 2.24) is 0 Å². The van der Waals surface area contributed by atoms with Gasteiger partial charge < -0.3 is 130 Å². The summed E-state index contributed by atoms with van der Waals surface area (Å²) in [5.74, 6) is 1.22. The number of hydrogen-bond acceptors (Lipinski definition) is 26. The molecule has 26 nitrogen and oxygen atoms in total. The number of aliphatic hydroxyl groups excluding tert-OH is 18. The van der Waals surface area contributed by atoms with Gasteiger partial charge in [-0.15, -0.1) is 0 Å². The third-order valence-electron chi connectivity index (χ3n) is 32.2. The number of fused-ring (bicyclic) bond motifs is 10. The van der Waals surface area contributed by atoms with E-state index in [0.717, 1.165) is 70.6 Å². The number of ether oxygens (including phenoxy) is 8. The summed E-state index contributed by atoms with van der Waals surface area (Å²) in [6.45, 7) is 35.0. The lowest BCUT2D eigenvalue weighted by atomic mass is 9.35. The minimum atomic E-state index is -1.80. The minimum absolute atomic E-state index is 0.0487. The van der Waals surface area contributed by atoms with Gasteiger partial charge in [-0.25, -0.2) is 0 Å². The first kappa shape index (κ1) is 88.7. The highest BCUT2D eigenvalue weighted by atomic mass is 16.8. The first-order valence-electron chi connectivity index (χ1n) is 41.2. The molecule has 26 heteroatoms. The Bertz CT molecular complexity index is 3230. The van der Waals surface area contributed by atoms with E-state index in [-0.39, 0.29) is 73.9 Å². The first-order valence-corrected chi connectivity index (χ1v) is 41.2. The molecule has 4 saturated heterocycles. The largest absolute Gasteiger partial charge is 0.394 e. The van der Waals surface area contributed by atoms with Gasteiger partial charge in [-0.05, 0) is 222 Å². The normalized spacial score (nSPS) is 52.3. The molecular formula is C84H140O26. The maximum absolute atomic E-state index is 12.2. The topological polar surface area (TPSA) is 438 Å². The zero-order valence-electron chi connectivity index (χ0n) is 67.8. The van der Waals surface area contributed by atoms with Gasteiger partial charge in [0.2, 0.25) is 0 Å². The lowest BCUT2D eigenvalue weighted by Gasteiger charge is -2.71. The highest BCUT2D eigenvalue weighted by molar-refractivity contribution is 5.26. The van der Waals surface area contributed by atoms with Crippen LogP contribution in [0.25, 0.3) is 0 Å². The van der Waals surface area contributed by atoms with Gasteiger partial charge in [0.05, 0.1) is 63.1 Å². The van der Waals surface area contributed by atoms with Crippen molar-refractivity contribution in [3.05, 3.63) is 47.1 Å². The summed E-state index contributed by atoms with van der Waals surface area (Å²) in [6, 6.07) is 0. The molecule has 4 aliphatic heterocycles. The van der Waals surface area contributed by atoms with Crippen LogP contribution < -0.4 is 0 Å². The Kier molecular flexibility index (Phi) is 26.8. The van der Waals surface area contributed by atoms with E-state index in [1.54, 1.807) is 0 Å². The molecule has 4 heterocycles. The summed E-state index contributed by atoms with van der Waals surface area (Å²) in [4.78, 5) is 0. The highest BCUT2D eigenvalue weighted by Crippen LogP contribution is 2.78. The van der Waals surface area contributed by atoms with Crippen LogP contribution in [0.2, 0.25) is 0 Å². The van der Waals surface area contributed by atoms with Gasteiger partial charge >= 0.3 is 0 Å². The Morgan fingerprint density at radius 2 is 0.727 bits per heavy atom. The van der Waals surface area contributed by atoms with Gasteiger partial charge in [-0.2, -0.15) is 0 Å². The number of hydrogen-bond donors (Lipinski definition) is 18. The molecule has 0 aromatic rings. The summed E-state index contributed by atoms with van der Waals surface area (Å²) >= 11 is 0. The van der Waals surface area contributed by atoms with Crippen LogP contribution in [0.3, 0.4) is 0 Å². The molecular weight excluding hydrogens is 1420 g/mol. The second kappa shape index (κ2) is 33.3. The van der Waals surface area contributed by atoms with E-state index in [1.165, 1.54) is 22.3 Å². The predicted octanol–water partition coefficient (Wildman–Crippen LogP) is 3.85. The smallest absolute Gasteiger partial charge is 0.187 e. The Morgan fingerprint density at radius 3 is 1.10 bits per heavy atom. The molecule has 40 atom stereocenters. The van der Waals surface area contributed by atoms with Gasteiger partial charge in [-0.3, -0.25) is 0 Å². The fourth-order valence-corrected chi connectivity index (χ4v) is 26.2. The quantitative estimate of drug-likeness (QED) is 0.0645. The second-order valence-corrected chi connectivity index (χ2v) is 39.2. The van der Waals surface area contributed by atoms with Gasteiger partial charge in [0.1, 0.15) is 97.7 Å². The first-order chi connectivity index (χ1) is 51.3. The van der Waals surface area contributed by atoms with Gasteiger partial charge in [-0.1, -0.05) is 116 Å². The van der Waals surface area contributed by atoms with E-state index in [9.17, 15) is 91.9 Å². The van der Waals surface area contributed by atoms with Crippen LogP contribution in [0.4, 0.5) is 0 Å². The van der Waals surface area contributed by atoms with Gasteiger partial charge in [0.15, 0.2) is 25.2 Å². The number of rotatable bonds is 19. The summed E-state index contributed by atoms with van der Waals surface area (Å²) in [5.41, 5.74) is 2.73. The Hall–Kier alpha value is -2.08. The minimum Gasteiger partial charge on any atom is -0.394 e. The summed E-state index contributed by atoms with van der Waals surface area (Å²) in [5, 5.41) is 195. The fourth-order valence-electron chi connectivity index (χ4n) is 26.2. The molecule has 18 N–H and O–H groups in total. The average Bonchev–Trinajstić information content (AvgIpc) is 1.22. The molecule has 0 aromatic carbocycles. The zero-order valence-corrected chi connectivity index (χ0v) is 67.8. The van der Waals surface area contributed by atoms with Crippen LogP contribution in [0.15, 0.2) is 47.1 Å². The van der Waals surface area contributed by atoms with Gasteiger partial charge in [0, 0.05) is 0 Å². The van der Waals surface area contributed by atoms with Crippen LogP contribution in [0.1, 0.15) is 200 Å². The third-order valence-corrected chi connectivity index (χ3v) is 32.2. The van der Waals surface area contributed by atoms with E-state index in [4.69, 9.17) is 37.9 Å². The molecule has 8 saturated carbocycles. The van der Waals surface area contributed by atoms with Crippen molar-refractivity contribution in [3.8, 4) is 0 Å². The molecule has 0 amide bonds. The summed E-state index contributed by atoms with van der Waals surface area (Å²) in [6.07, 6.45) is -16.8. The highest BCUT2D eigenvalue weighted by Gasteiger charge is 2.74. The third kappa shape index (κ3) is 15.1. The second-order valence-electron chi connectivity index (χ2n) is 39.2. The molecule has 8 aliphatic carbocycles. The lowest BCUT2D eigenvalue weighted by Crippen LogP contribution is -2.69. The van der Waals surface area contributed by atoms with E-state index in [0.29, 0.717) is 31.6 Å². The van der Waals surface area contributed by atoms with Crippen LogP contribution in [0.5, 0.6) is 0 Å². The zero-order chi connectivity index (χ0) is 81.2.